The predicted molar refractivity (Wildman–Crippen MR) is 103 cm³/mol. The smallest absolute Gasteiger partial charge is 0.311 e. The molecule has 0 aliphatic carbocycles. The fraction of sp³-hybridized carbons (Fsp3) is 0.579. The number of carbonyl (C=O) groups is 2. The van der Waals surface area contributed by atoms with Crippen LogP contribution in [0.2, 0.25) is 0 Å². The largest absolute Gasteiger partial charge is 0.493 e. The predicted octanol–water partition coefficient (Wildman–Crippen LogP) is 1.21. The number of hydrogen-bond donors (Lipinski definition) is 0. The van der Waals surface area contributed by atoms with E-state index in [1.807, 2.05) is 0 Å². The Morgan fingerprint density at radius 3 is 2.43 bits per heavy atom. The van der Waals surface area contributed by atoms with Crippen molar-refractivity contribution in [1.29, 1.82) is 0 Å². The lowest BCUT2D eigenvalue weighted by atomic mass is 10.1. The molecule has 0 bridgehead atoms. The standard InChI is InChI=1S/C19H27NO7S/c1-5-20(15-8-9-28(23,24)12-15)19(22)13(2)27-18(21)11-14-6-7-16(25-3)17(10-14)26-4/h6-7,10,13,15H,5,8-9,11-12H2,1-4H3/t13-,15-/m1/s1. The molecule has 9 heteroatoms. The van der Waals surface area contributed by atoms with E-state index in [9.17, 15) is 18.0 Å². The van der Waals surface area contributed by atoms with Crippen LogP contribution in [-0.4, -0.2) is 69.6 Å². The highest BCUT2D eigenvalue weighted by molar-refractivity contribution is 7.91. The lowest BCUT2D eigenvalue weighted by Gasteiger charge is -2.29. The summed E-state index contributed by atoms with van der Waals surface area (Å²) in [6.07, 6.45) is -0.605. The maximum atomic E-state index is 12.7. The Bertz CT molecular complexity index is 822. The van der Waals surface area contributed by atoms with Gasteiger partial charge in [0.15, 0.2) is 27.4 Å². The number of benzene rings is 1. The molecule has 1 aliphatic heterocycles. The van der Waals surface area contributed by atoms with Crippen LogP contribution in [0.15, 0.2) is 18.2 Å². The van der Waals surface area contributed by atoms with E-state index in [4.69, 9.17) is 14.2 Å². The van der Waals surface area contributed by atoms with Gasteiger partial charge < -0.3 is 19.1 Å². The zero-order valence-electron chi connectivity index (χ0n) is 16.6. The first kappa shape index (κ1) is 22.0. The Labute approximate surface area is 165 Å². The van der Waals surface area contributed by atoms with Crippen LogP contribution >= 0.6 is 0 Å². The molecule has 28 heavy (non-hydrogen) atoms. The van der Waals surface area contributed by atoms with Crippen molar-refractivity contribution >= 4 is 21.7 Å². The monoisotopic (exact) mass is 413 g/mol. The first-order valence-electron chi connectivity index (χ1n) is 9.12. The van der Waals surface area contributed by atoms with Crippen molar-refractivity contribution in [2.75, 3.05) is 32.3 Å². The summed E-state index contributed by atoms with van der Waals surface area (Å²) in [5.74, 6) is 0.145. The summed E-state index contributed by atoms with van der Waals surface area (Å²) in [5, 5.41) is 0. The summed E-state index contributed by atoms with van der Waals surface area (Å²) >= 11 is 0. The van der Waals surface area contributed by atoms with Gasteiger partial charge in [0, 0.05) is 12.6 Å². The minimum atomic E-state index is -3.11. The van der Waals surface area contributed by atoms with Gasteiger partial charge in [-0.3, -0.25) is 9.59 Å². The number of esters is 1. The van der Waals surface area contributed by atoms with Gasteiger partial charge in [-0.1, -0.05) is 6.07 Å². The molecule has 0 N–H and O–H groups in total. The first-order valence-corrected chi connectivity index (χ1v) is 10.9. The Morgan fingerprint density at radius 2 is 1.89 bits per heavy atom. The zero-order chi connectivity index (χ0) is 20.9. The number of sulfone groups is 1. The van der Waals surface area contributed by atoms with E-state index >= 15 is 0 Å². The molecule has 2 atom stereocenters. The number of rotatable bonds is 8. The van der Waals surface area contributed by atoms with Crippen molar-refractivity contribution in [3.05, 3.63) is 23.8 Å². The lowest BCUT2D eigenvalue weighted by Crippen LogP contribution is -2.46. The Kier molecular flexibility index (Phi) is 7.29. The minimum absolute atomic E-state index is 0.0259. The molecule has 0 saturated carbocycles. The number of likely N-dealkylation sites (N-methyl/N-ethyl adjacent to an activating group) is 1. The van der Waals surface area contributed by atoms with Crippen LogP contribution in [0.25, 0.3) is 0 Å². The molecule has 1 heterocycles. The van der Waals surface area contributed by atoms with Gasteiger partial charge in [-0.05, 0) is 38.0 Å². The number of ether oxygens (including phenoxy) is 3. The molecule has 2 rings (SSSR count). The van der Waals surface area contributed by atoms with Crippen LogP contribution in [0.1, 0.15) is 25.8 Å². The van der Waals surface area contributed by atoms with Crippen LogP contribution < -0.4 is 9.47 Å². The molecule has 156 valence electrons. The number of hydrogen-bond acceptors (Lipinski definition) is 7. The summed E-state index contributed by atoms with van der Waals surface area (Å²) in [6.45, 7) is 3.64. The molecule has 1 amide bonds. The highest BCUT2D eigenvalue weighted by Gasteiger charge is 2.36. The van der Waals surface area contributed by atoms with Crippen molar-refractivity contribution in [3.63, 3.8) is 0 Å². The van der Waals surface area contributed by atoms with Crippen molar-refractivity contribution in [2.24, 2.45) is 0 Å². The quantitative estimate of drug-likeness (QED) is 0.591. The maximum absolute atomic E-state index is 12.7. The molecule has 0 spiro atoms. The van der Waals surface area contributed by atoms with Gasteiger partial charge in [-0.15, -0.1) is 0 Å². The molecular weight excluding hydrogens is 386 g/mol. The average molecular weight is 413 g/mol. The maximum Gasteiger partial charge on any atom is 0.311 e. The van der Waals surface area contributed by atoms with Crippen LogP contribution in [0.3, 0.4) is 0 Å². The summed E-state index contributed by atoms with van der Waals surface area (Å²) in [7, 11) is -0.0845. The Morgan fingerprint density at radius 1 is 1.21 bits per heavy atom. The number of amides is 1. The molecule has 1 aromatic carbocycles. The third kappa shape index (κ3) is 5.37. The molecule has 1 aliphatic rings. The third-order valence-corrected chi connectivity index (χ3v) is 6.48. The van der Waals surface area contributed by atoms with E-state index in [0.29, 0.717) is 30.0 Å². The summed E-state index contributed by atoms with van der Waals surface area (Å²) in [6, 6.07) is 4.72. The van der Waals surface area contributed by atoms with Gasteiger partial charge in [0.05, 0.1) is 32.1 Å². The average Bonchev–Trinajstić information content (AvgIpc) is 3.01. The highest BCUT2D eigenvalue weighted by Crippen LogP contribution is 2.28. The number of methoxy groups -OCH3 is 2. The van der Waals surface area contributed by atoms with E-state index in [2.05, 4.69) is 0 Å². The molecule has 0 aromatic heterocycles. The zero-order valence-corrected chi connectivity index (χ0v) is 17.5. The highest BCUT2D eigenvalue weighted by atomic mass is 32.2. The molecule has 0 radical (unpaired) electrons. The molecular formula is C19H27NO7S. The van der Waals surface area contributed by atoms with Crippen molar-refractivity contribution < 1.29 is 32.2 Å². The second-order valence-corrected chi connectivity index (χ2v) is 8.91. The van der Waals surface area contributed by atoms with Crippen LogP contribution in [-0.2, 0) is 30.6 Å². The van der Waals surface area contributed by atoms with Crippen LogP contribution in [0.5, 0.6) is 11.5 Å². The van der Waals surface area contributed by atoms with E-state index < -0.39 is 21.9 Å². The van der Waals surface area contributed by atoms with Gasteiger partial charge in [-0.2, -0.15) is 0 Å². The second-order valence-electron chi connectivity index (χ2n) is 6.68. The van der Waals surface area contributed by atoms with Crippen molar-refractivity contribution in [2.45, 2.75) is 38.8 Å². The summed E-state index contributed by atoms with van der Waals surface area (Å²) in [4.78, 5) is 26.4. The van der Waals surface area contributed by atoms with Gasteiger partial charge in [0.1, 0.15) is 0 Å². The van der Waals surface area contributed by atoms with Crippen molar-refractivity contribution in [1.82, 2.24) is 4.90 Å². The molecule has 0 unspecified atom stereocenters. The SMILES string of the molecule is CCN(C(=O)[C@@H](C)OC(=O)Cc1ccc(OC)c(OC)c1)[C@@H]1CCS(=O)(=O)C1. The van der Waals surface area contributed by atoms with Gasteiger partial charge in [0.2, 0.25) is 0 Å². The van der Waals surface area contributed by atoms with E-state index in [1.54, 1.807) is 25.1 Å². The van der Waals surface area contributed by atoms with Gasteiger partial charge >= 0.3 is 5.97 Å². The lowest BCUT2D eigenvalue weighted by molar-refractivity contribution is -0.159. The first-order chi connectivity index (χ1) is 13.2. The Balaban J connectivity index is 1.98. The van der Waals surface area contributed by atoms with Crippen molar-refractivity contribution in [3.8, 4) is 11.5 Å². The summed E-state index contributed by atoms with van der Waals surface area (Å²) in [5.41, 5.74) is 0.663. The van der Waals surface area contributed by atoms with E-state index in [-0.39, 0.29) is 29.9 Å². The number of nitrogens with zero attached hydrogens (tertiary/aromatic N) is 1. The Hall–Kier alpha value is -2.29. The molecule has 1 aromatic rings. The molecule has 1 saturated heterocycles. The van der Waals surface area contributed by atoms with E-state index in [0.717, 1.165) is 0 Å². The molecule has 8 nitrogen and oxygen atoms in total. The number of carbonyl (C=O) groups excluding carboxylic acids is 2. The van der Waals surface area contributed by atoms with Gasteiger partial charge in [-0.25, -0.2) is 8.42 Å². The second kappa shape index (κ2) is 9.27. The molecule has 1 fully saturated rings. The van der Waals surface area contributed by atoms with Gasteiger partial charge in [0.25, 0.3) is 5.91 Å². The van der Waals surface area contributed by atoms with E-state index in [1.165, 1.54) is 26.0 Å². The minimum Gasteiger partial charge on any atom is -0.493 e. The van der Waals surface area contributed by atoms with Crippen LogP contribution in [0, 0.1) is 0 Å². The third-order valence-electron chi connectivity index (χ3n) is 4.73. The topological polar surface area (TPSA) is 99.2 Å². The fourth-order valence-electron chi connectivity index (χ4n) is 3.30. The summed E-state index contributed by atoms with van der Waals surface area (Å²) < 4.78 is 39.0. The fourth-order valence-corrected chi connectivity index (χ4v) is 5.03. The van der Waals surface area contributed by atoms with Crippen LogP contribution in [0.4, 0.5) is 0 Å². The normalized spacial score (nSPS) is 18.9.